The molecule has 1 aromatic rings. The van der Waals surface area contributed by atoms with Gasteiger partial charge in [-0.25, -0.2) is 8.42 Å². The lowest BCUT2D eigenvalue weighted by molar-refractivity contribution is -0.137. The summed E-state index contributed by atoms with van der Waals surface area (Å²) >= 11 is 0. The number of benzene rings is 1. The number of aliphatic carboxylic acids is 1. The maximum Gasteiger partial charge on any atom is 0.323 e. The van der Waals surface area contributed by atoms with Crippen molar-refractivity contribution in [3.63, 3.8) is 0 Å². The fourth-order valence-electron chi connectivity index (χ4n) is 2.89. The number of carboxylic acid groups (broad SMARTS) is 1. The van der Waals surface area contributed by atoms with Crippen LogP contribution >= 0.6 is 0 Å². The van der Waals surface area contributed by atoms with Gasteiger partial charge in [-0.3, -0.25) is 9.59 Å². The molecular weight excluding hydrogens is 344 g/mol. The molecule has 25 heavy (non-hydrogen) atoms. The van der Waals surface area contributed by atoms with E-state index in [2.05, 4.69) is 0 Å². The van der Waals surface area contributed by atoms with Gasteiger partial charge >= 0.3 is 5.97 Å². The van der Waals surface area contributed by atoms with Gasteiger partial charge in [0.25, 0.3) is 5.91 Å². The van der Waals surface area contributed by atoms with Gasteiger partial charge < -0.3 is 10.0 Å². The van der Waals surface area contributed by atoms with Crippen molar-refractivity contribution in [2.24, 2.45) is 0 Å². The van der Waals surface area contributed by atoms with Crippen molar-refractivity contribution in [2.45, 2.75) is 37.5 Å². The van der Waals surface area contributed by atoms with Crippen LogP contribution in [0, 0.1) is 0 Å². The van der Waals surface area contributed by atoms with Crippen molar-refractivity contribution >= 4 is 21.9 Å². The molecule has 1 N–H and O–H groups in total. The highest BCUT2D eigenvalue weighted by Crippen LogP contribution is 2.21. The minimum Gasteiger partial charge on any atom is -0.480 e. The number of hydrogen-bond acceptors (Lipinski definition) is 4. The topological polar surface area (TPSA) is 95.0 Å². The zero-order valence-corrected chi connectivity index (χ0v) is 15.2. The molecule has 0 bridgehead atoms. The number of likely N-dealkylation sites (N-methyl/N-ethyl adjacent to an activating group) is 1. The van der Waals surface area contributed by atoms with Gasteiger partial charge in [-0.05, 0) is 38.0 Å². The van der Waals surface area contributed by atoms with Crippen LogP contribution in [0.15, 0.2) is 29.2 Å². The number of carboxylic acids is 1. The fourth-order valence-corrected chi connectivity index (χ4v) is 4.46. The third kappa shape index (κ3) is 4.79. The Morgan fingerprint density at radius 3 is 2.36 bits per heavy atom. The SMILES string of the molecule is CCN(CC(=O)O)C(=O)c1cccc(S(=O)(=O)N2CCCCCC2)c1. The summed E-state index contributed by atoms with van der Waals surface area (Å²) in [6.07, 6.45) is 3.70. The molecule has 0 atom stereocenters. The first-order chi connectivity index (χ1) is 11.9. The van der Waals surface area contributed by atoms with Crippen LogP contribution in [-0.4, -0.2) is 60.8 Å². The van der Waals surface area contributed by atoms with Gasteiger partial charge in [-0.2, -0.15) is 4.31 Å². The third-order valence-corrected chi connectivity index (χ3v) is 6.17. The van der Waals surface area contributed by atoms with Crippen LogP contribution in [0.4, 0.5) is 0 Å². The maximum absolute atomic E-state index is 12.8. The zero-order valence-electron chi connectivity index (χ0n) is 14.3. The third-order valence-electron chi connectivity index (χ3n) is 4.28. The predicted octanol–water partition coefficient (Wildman–Crippen LogP) is 1.80. The van der Waals surface area contributed by atoms with Crippen molar-refractivity contribution in [1.29, 1.82) is 0 Å². The highest BCUT2D eigenvalue weighted by molar-refractivity contribution is 7.89. The second-order valence-corrected chi connectivity index (χ2v) is 8.00. The minimum absolute atomic E-state index is 0.0756. The summed E-state index contributed by atoms with van der Waals surface area (Å²) in [5, 5.41) is 8.90. The Bertz CT molecular complexity index is 724. The lowest BCUT2D eigenvalue weighted by Gasteiger charge is -2.21. The van der Waals surface area contributed by atoms with E-state index in [-0.39, 0.29) is 17.0 Å². The lowest BCUT2D eigenvalue weighted by atomic mass is 10.2. The molecule has 1 saturated heterocycles. The summed E-state index contributed by atoms with van der Waals surface area (Å²) in [5.41, 5.74) is 0.180. The Labute approximate surface area is 148 Å². The zero-order chi connectivity index (χ0) is 18.4. The Hall–Kier alpha value is -1.93. The molecular formula is C17H24N2O5S. The molecule has 7 nitrogen and oxygen atoms in total. The summed E-state index contributed by atoms with van der Waals surface area (Å²) in [4.78, 5) is 24.6. The van der Waals surface area contributed by atoms with E-state index in [1.807, 2.05) is 0 Å². The summed E-state index contributed by atoms with van der Waals surface area (Å²) in [5.74, 6) is -1.60. The second kappa shape index (κ2) is 8.44. The second-order valence-electron chi connectivity index (χ2n) is 6.06. The van der Waals surface area contributed by atoms with Gasteiger partial charge in [0, 0.05) is 25.2 Å². The monoisotopic (exact) mass is 368 g/mol. The van der Waals surface area contributed by atoms with Crippen LogP contribution in [0.2, 0.25) is 0 Å². The van der Waals surface area contributed by atoms with E-state index in [1.165, 1.54) is 33.5 Å². The molecule has 1 aliphatic heterocycles. The molecule has 1 heterocycles. The first kappa shape index (κ1) is 19.4. The highest BCUT2D eigenvalue weighted by atomic mass is 32.2. The van der Waals surface area contributed by atoms with Crippen molar-refractivity contribution in [1.82, 2.24) is 9.21 Å². The first-order valence-corrected chi connectivity index (χ1v) is 9.91. The molecule has 0 aliphatic carbocycles. The summed E-state index contributed by atoms with van der Waals surface area (Å²) < 4.78 is 27.1. The molecule has 1 aliphatic rings. The fraction of sp³-hybridized carbons (Fsp3) is 0.529. The van der Waals surface area contributed by atoms with Crippen LogP contribution in [0.1, 0.15) is 43.0 Å². The van der Waals surface area contributed by atoms with Crippen LogP contribution in [0.3, 0.4) is 0 Å². The minimum atomic E-state index is -3.65. The van der Waals surface area contributed by atoms with Crippen molar-refractivity contribution in [2.75, 3.05) is 26.2 Å². The summed E-state index contributed by atoms with van der Waals surface area (Å²) in [6, 6.07) is 5.85. The predicted molar refractivity (Wildman–Crippen MR) is 92.9 cm³/mol. The molecule has 138 valence electrons. The molecule has 0 spiro atoms. The molecule has 0 radical (unpaired) electrons. The Kier molecular flexibility index (Phi) is 6.55. The lowest BCUT2D eigenvalue weighted by Crippen LogP contribution is -2.36. The average Bonchev–Trinajstić information content (AvgIpc) is 2.89. The summed E-state index contributed by atoms with van der Waals surface area (Å²) in [7, 11) is -3.65. The number of rotatable bonds is 6. The van der Waals surface area contributed by atoms with Crippen LogP contribution in [-0.2, 0) is 14.8 Å². The Morgan fingerprint density at radius 2 is 1.80 bits per heavy atom. The van der Waals surface area contributed by atoms with E-state index in [1.54, 1.807) is 6.92 Å². The Morgan fingerprint density at radius 1 is 1.16 bits per heavy atom. The number of hydrogen-bond donors (Lipinski definition) is 1. The average molecular weight is 368 g/mol. The van der Waals surface area contributed by atoms with Gasteiger partial charge in [-0.15, -0.1) is 0 Å². The molecule has 8 heteroatoms. The van der Waals surface area contributed by atoms with E-state index >= 15 is 0 Å². The molecule has 0 saturated carbocycles. The van der Waals surface area contributed by atoms with Gasteiger partial charge in [-0.1, -0.05) is 18.9 Å². The molecule has 1 amide bonds. The normalized spacial score (nSPS) is 16.2. The molecule has 0 unspecified atom stereocenters. The van der Waals surface area contributed by atoms with Crippen LogP contribution in [0.25, 0.3) is 0 Å². The number of sulfonamides is 1. The van der Waals surface area contributed by atoms with E-state index in [9.17, 15) is 18.0 Å². The van der Waals surface area contributed by atoms with E-state index in [0.29, 0.717) is 13.1 Å². The molecule has 2 rings (SSSR count). The van der Waals surface area contributed by atoms with Gasteiger partial charge in [0.1, 0.15) is 6.54 Å². The van der Waals surface area contributed by atoms with Crippen LogP contribution in [0.5, 0.6) is 0 Å². The highest BCUT2D eigenvalue weighted by Gasteiger charge is 2.26. The quantitative estimate of drug-likeness (QED) is 0.826. The summed E-state index contributed by atoms with van der Waals surface area (Å²) in [6.45, 7) is 2.46. The van der Waals surface area contributed by atoms with Crippen molar-refractivity contribution in [3.05, 3.63) is 29.8 Å². The van der Waals surface area contributed by atoms with Crippen molar-refractivity contribution in [3.8, 4) is 0 Å². The van der Waals surface area contributed by atoms with E-state index < -0.39 is 28.4 Å². The molecule has 1 fully saturated rings. The Balaban J connectivity index is 2.28. The van der Waals surface area contributed by atoms with E-state index in [4.69, 9.17) is 5.11 Å². The van der Waals surface area contributed by atoms with Gasteiger partial charge in [0.15, 0.2) is 0 Å². The van der Waals surface area contributed by atoms with Gasteiger partial charge in [0.05, 0.1) is 4.90 Å². The number of amides is 1. The number of nitrogens with zero attached hydrogens (tertiary/aromatic N) is 2. The van der Waals surface area contributed by atoms with Crippen molar-refractivity contribution < 1.29 is 23.1 Å². The standard InChI is InChI=1S/C17H24N2O5S/c1-2-18(13-16(20)21)17(22)14-8-7-9-15(12-14)25(23,24)19-10-5-3-4-6-11-19/h7-9,12H,2-6,10-11,13H2,1H3,(H,20,21). The largest absolute Gasteiger partial charge is 0.480 e. The maximum atomic E-state index is 12.8. The van der Waals surface area contributed by atoms with Gasteiger partial charge in [0.2, 0.25) is 10.0 Å². The molecule has 1 aromatic carbocycles. The smallest absolute Gasteiger partial charge is 0.323 e. The van der Waals surface area contributed by atoms with E-state index in [0.717, 1.165) is 25.7 Å². The molecule has 0 aromatic heterocycles. The first-order valence-electron chi connectivity index (χ1n) is 8.47. The number of carbonyl (C=O) groups is 2. The number of carbonyl (C=O) groups excluding carboxylic acids is 1. The van der Waals surface area contributed by atoms with Crippen LogP contribution < -0.4 is 0 Å².